The zero-order chi connectivity index (χ0) is 10.1. The number of β-lactam (4-membered cyclic amide) rings is 1. The van der Waals surface area contributed by atoms with Crippen LogP contribution in [0.4, 0.5) is 0 Å². The Hall–Kier alpha value is -0.610. The van der Waals surface area contributed by atoms with Crippen LogP contribution in [0, 0.1) is 5.92 Å². The highest BCUT2D eigenvalue weighted by Crippen LogP contribution is 2.19. The standard InChI is InChI=1S/C10H19N3O/c1-2-12-4-3-8(5-12)6-13-7-9(11)10(13)14/h8-9H,2-7,11H2,1H3. The van der Waals surface area contributed by atoms with Gasteiger partial charge in [-0.3, -0.25) is 4.79 Å². The number of carbonyl (C=O) groups is 1. The predicted octanol–water partition coefficient (Wildman–Crippen LogP) is -0.502. The molecular formula is C10H19N3O. The summed E-state index contributed by atoms with van der Waals surface area (Å²) in [5.41, 5.74) is 5.54. The number of hydrogen-bond acceptors (Lipinski definition) is 3. The SMILES string of the molecule is CCN1CCC(CN2CC(N)C2=O)C1. The third-order valence-corrected chi connectivity index (χ3v) is 3.34. The molecular weight excluding hydrogens is 178 g/mol. The van der Waals surface area contributed by atoms with Crippen LogP contribution in [-0.4, -0.2) is 54.5 Å². The Morgan fingerprint density at radius 2 is 2.29 bits per heavy atom. The minimum absolute atomic E-state index is 0.139. The second kappa shape index (κ2) is 3.87. The lowest BCUT2D eigenvalue weighted by atomic mass is 10.0. The Kier molecular flexibility index (Phi) is 2.74. The average Bonchev–Trinajstić information content (AvgIpc) is 2.65. The van der Waals surface area contributed by atoms with E-state index in [-0.39, 0.29) is 11.9 Å². The van der Waals surface area contributed by atoms with E-state index in [1.165, 1.54) is 13.0 Å². The van der Waals surface area contributed by atoms with Crippen LogP contribution >= 0.6 is 0 Å². The molecule has 0 aromatic rings. The molecule has 4 heteroatoms. The molecule has 0 radical (unpaired) electrons. The van der Waals surface area contributed by atoms with E-state index in [9.17, 15) is 4.79 Å². The van der Waals surface area contributed by atoms with Crippen molar-refractivity contribution in [1.29, 1.82) is 0 Å². The minimum atomic E-state index is -0.210. The number of nitrogens with zero attached hydrogens (tertiary/aromatic N) is 2. The minimum Gasteiger partial charge on any atom is -0.339 e. The molecule has 2 aliphatic heterocycles. The van der Waals surface area contributed by atoms with Gasteiger partial charge >= 0.3 is 0 Å². The lowest BCUT2D eigenvalue weighted by molar-refractivity contribution is -0.143. The zero-order valence-corrected chi connectivity index (χ0v) is 8.78. The van der Waals surface area contributed by atoms with E-state index in [0.717, 1.165) is 26.2 Å². The fourth-order valence-electron chi connectivity index (χ4n) is 2.35. The second-order valence-corrected chi connectivity index (χ2v) is 4.40. The third-order valence-electron chi connectivity index (χ3n) is 3.34. The monoisotopic (exact) mass is 197 g/mol. The van der Waals surface area contributed by atoms with Crippen molar-refractivity contribution in [2.45, 2.75) is 19.4 Å². The van der Waals surface area contributed by atoms with Crippen molar-refractivity contribution in [3.63, 3.8) is 0 Å². The van der Waals surface area contributed by atoms with Gasteiger partial charge in [-0.2, -0.15) is 0 Å². The third kappa shape index (κ3) is 1.77. The van der Waals surface area contributed by atoms with Gasteiger partial charge in [0.2, 0.25) is 5.91 Å². The summed E-state index contributed by atoms with van der Waals surface area (Å²) in [6.07, 6.45) is 1.23. The molecule has 4 nitrogen and oxygen atoms in total. The Labute approximate surface area is 85.0 Å². The number of nitrogens with two attached hydrogens (primary N) is 1. The Morgan fingerprint density at radius 3 is 2.79 bits per heavy atom. The summed E-state index contributed by atoms with van der Waals surface area (Å²) in [5.74, 6) is 0.811. The van der Waals surface area contributed by atoms with Crippen LogP contribution in [0.3, 0.4) is 0 Å². The summed E-state index contributed by atoms with van der Waals surface area (Å²) in [6, 6.07) is -0.210. The van der Waals surface area contributed by atoms with E-state index in [2.05, 4.69) is 11.8 Å². The molecule has 1 amide bonds. The highest BCUT2D eigenvalue weighted by Gasteiger charge is 2.35. The van der Waals surface area contributed by atoms with E-state index in [4.69, 9.17) is 5.73 Å². The van der Waals surface area contributed by atoms with Gasteiger partial charge in [-0.1, -0.05) is 6.92 Å². The van der Waals surface area contributed by atoms with E-state index in [1.807, 2.05) is 4.90 Å². The Balaban J connectivity index is 1.74. The number of likely N-dealkylation sites (tertiary alicyclic amines) is 2. The van der Waals surface area contributed by atoms with Crippen molar-refractivity contribution in [3.05, 3.63) is 0 Å². The summed E-state index contributed by atoms with van der Waals surface area (Å²) in [6.45, 7) is 7.34. The van der Waals surface area contributed by atoms with Crippen LogP contribution in [0.1, 0.15) is 13.3 Å². The molecule has 2 N–H and O–H groups in total. The molecule has 0 bridgehead atoms. The lowest BCUT2D eigenvalue weighted by Gasteiger charge is -2.37. The van der Waals surface area contributed by atoms with E-state index < -0.39 is 0 Å². The maximum absolute atomic E-state index is 11.3. The number of amides is 1. The number of hydrogen-bond donors (Lipinski definition) is 1. The first-order valence-corrected chi connectivity index (χ1v) is 5.47. The van der Waals surface area contributed by atoms with Gasteiger partial charge < -0.3 is 15.5 Å². The maximum atomic E-state index is 11.3. The topological polar surface area (TPSA) is 49.6 Å². The van der Waals surface area contributed by atoms with Gasteiger partial charge in [0.25, 0.3) is 0 Å². The molecule has 2 unspecified atom stereocenters. The average molecular weight is 197 g/mol. The van der Waals surface area contributed by atoms with Gasteiger partial charge in [0.1, 0.15) is 6.04 Å². The predicted molar refractivity (Wildman–Crippen MR) is 54.8 cm³/mol. The quantitative estimate of drug-likeness (QED) is 0.620. The van der Waals surface area contributed by atoms with E-state index in [1.54, 1.807) is 0 Å². The van der Waals surface area contributed by atoms with Crippen molar-refractivity contribution in [2.24, 2.45) is 11.7 Å². The van der Waals surface area contributed by atoms with Crippen LogP contribution in [0.15, 0.2) is 0 Å². The highest BCUT2D eigenvalue weighted by atomic mass is 16.2. The van der Waals surface area contributed by atoms with Crippen LogP contribution in [0.5, 0.6) is 0 Å². The molecule has 2 saturated heterocycles. The normalized spacial score (nSPS) is 33.6. The van der Waals surface area contributed by atoms with Gasteiger partial charge in [-0.25, -0.2) is 0 Å². The van der Waals surface area contributed by atoms with Crippen molar-refractivity contribution < 1.29 is 4.79 Å². The first-order valence-electron chi connectivity index (χ1n) is 5.47. The van der Waals surface area contributed by atoms with Gasteiger partial charge in [-0.15, -0.1) is 0 Å². The summed E-state index contributed by atoms with van der Waals surface area (Å²) in [7, 11) is 0. The Bertz CT molecular complexity index is 231. The highest BCUT2D eigenvalue weighted by molar-refractivity contribution is 5.87. The summed E-state index contributed by atoms with van der Waals surface area (Å²) >= 11 is 0. The molecule has 0 spiro atoms. The molecule has 0 saturated carbocycles. The van der Waals surface area contributed by atoms with E-state index in [0.29, 0.717) is 5.92 Å². The Morgan fingerprint density at radius 1 is 1.50 bits per heavy atom. The number of rotatable bonds is 3. The summed E-state index contributed by atoms with van der Waals surface area (Å²) < 4.78 is 0. The van der Waals surface area contributed by atoms with Gasteiger partial charge in [0.05, 0.1) is 0 Å². The molecule has 0 aromatic heterocycles. The van der Waals surface area contributed by atoms with Crippen LogP contribution in [0.25, 0.3) is 0 Å². The summed E-state index contributed by atoms with van der Waals surface area (Å²) in [5, 5.41) is 0. The van der Waals surface area contributed by atoms with Crippen LogP contribution < -0.4 is 5.73 Å². The fraction of sp³-hybridized carbons (Fsp3) is 0.900. The van der Waals surface area contributed by atoms with Crippen molar-refractivity contribution in [2.75, 3.05) is 32.7 Å². The van der Waals surface area contributed by atoms with Crippen LogP contribution in [-0.2, 0) is 4.79 Å². The second-order valence-electron chi connectivity index (χ2n) is 4.40. The molecule has 2 aliphatic rings. The first kappa shape index (κ1) is 9.93. The maximum Gasteiger partial charge on any atom is 0.241 e. The molecule has 2 fully saturated rings. The fourth-order valence-corrected chi connectivity index (χ4v) is 2.35. The molecule has 2 heterocycles. The van der Waals surface area contributed by atoms with Gasteiger partial charge in [0.15, 0.2) is 0 Å². The van der Waals surface area contributed by atoms with Crippen LogP contribution in [0.2, 0.25) is 0 Å². The van der Waals surface area contributed by atoms with Crippen molar-refractivity contribution >= 4 is 5.91 Å². The summed E-state index contributed by atoms with van der Waals surface area (Å²) in [4.78, 5) is 15.6. The lowest BCUT2D eigenvalue weighted by Crippen LogP contribution is -2.61. The van der Waals surface area contributed by atoms with Gasteiger partial charge in [0, 0.05) is 19.6 Å². The largest absolute Gasteiger partial charge is 0.339 e. The number of carbonyl (C=O) groups excluding carboxylic acids is 1. The molecule has 80 valence electrons. The molecule has 0 aromatic carbocycles. The zero-order valence-electron chi connectivity index (χ0n) is 8.78. The first-order chi connectivity index (χ1) is 6.70. The van der Waals surface area contributed by atoms with Crippen molar-refractivity contribution in [3.8, 4) is 0 Å². The van der Waals surface area contributed by atoms with E-state index >= 15 is 0 Å². The molecule has 0 aliphatic carbocycles. The van der Waals surface area contributed by atoms with Gasteiger partial charge in [-0.05, 0) is 25.4 Å². The molecule has 2 atom stereocenters. The molecule has 2 rings (SSSR count). The smallest absolute Gasteiger partial charge is 0.241 e. The molecule has 14 heavy (non-hydrogen) atoms. The van der Waals surface area contributed by atoms with Crippen molar-refractivity contribution in [1.82, 2.24) is 9.80 Å².